The highest BCUT2D eigenvalue weighted by atomic mass is 16.7. The molecule has 0 saturated carbocycles. The van der Waals surface area contributed by atoms with Gasteiger partial charge in [-0.2, -0.15) is 0 Å². The van der Waals surface area contributed by atoms with Crippen LogP contribution in [0.25, 0.3) is 0 Å². The molecule has 0 amide bonds. The smallest absolute Gasteiger partial charge is 0.186 e. The fourth-order valence-electron chi connectivity index (χ4n) is 2.64. The molecule has 6 nitrogen and oxygen atoms in total. The molecule has 0 aromatic rings. The van der Waals surface area contributed by atoms with Crippen LogP contribution in [0.15, 0.2) is 0 Å². The third-order valence-electron chi connectivity index (χ3n) is 4.13. The minimum Gasteiger partial charge on any atom is -0.394 e. The van der Waals surface area contributed by atoms with E-state index >= 15 is 0 Å². The van der Waals surface area contributed by atoms with Gasteiger partial charge in [0.1, 0.15) is 24.4 Å². The van der Waals surface area contributed by atoms with Crippen molar-refractivity contribution in [3.8, 4) is 0 Å². The summed E-state index contributed by atoms with van der Waals surface area (Å²) in [6.07, 6.45) is 3.58. The van der Waals surface area contributed by atoms with E-state index in [1.807, 2.05) is 0 Å². The molecule has 132 valence electrons. The summed E-state index contributed by atoms with van der Waals surface area (Å²) in [5, 5.41) is 38.2. The summed E-state index contributed by atoms with van der Waals surface area (Å²) in [6.45, 7) is 2.20. The van der Waals surface area contributed by atoms with Gasteiger partial charge in [0.05, 0.1) is 6.61 Å². The Balaban J connectivity index is 2.11. The lowest BCUT2D eigenvalue weighted by Gasteiger charge is -2.39. The standard InChI is InChI=1S/C16H32O6/c1-2-3-4-5-6-7-8-9-10-21-16-15(20)14(19)13(18)12(11-17)22-16/h12-20H,2-11H2,1H3/t12-,13-,14-,15-,16?/m1/s1. The van der Waals surface area contributed by atoms with Crippen molar-refractivity contribution in [1.29, 1.82) is 0 Å². The van der Waals surface area contributed by atoms with Gasteiger partial charge in [-0.15, -0.1) is 0 Å². The molecule has 1 aliphatic rings. The van der Waals surface area contributed by atoms with Crippen LogP contribution >= 0.6 is 0 Å². The SMILES string of the molecule is CCCCCCCCCCOC1O[C@H](CO)[C@@H](O)[C@@H](O)[C@H]1O. The molecule has 0 spiro atoms. The van der Waals surface area contributed by atoms with Crippen LogP contribution in [-0.2, 0) is 9.47 Å². The number of rotatable bonds is 11. The maximum atomic E-state index is 9.80. The molecular formula is C16H32O6. The highest BCUT2D eigenvalue weighted by Crippen LogP contribution is 2.22. The first kappa shape index (κ1) is 19.8. The van der Waals surface area contributed by atoms with Crippen LogP contribution in [0.3, 0.4) is 0 Å². The molecule has 0 aromatic heterocycles. The quantitative estimate of drug-likeness (QED) is 0.423. The van der Waals surface area contributed by atoms with Crippen LogP contribution in [0.5, 0.6) is 0 Å². The number of hydrogen-bond acceptors (Lipinski definition) is 6. The predicted molar refractivity (Wildman–Crippen MR) is 82.3 cm³/mol. The van der Waals surface area contributed by atoms with E-state index in [1.165, 1.54) is 38.5 Å². The topological polar surface area (TPSA) is 99.4 Å². The third kappa shape index (κ3) is 6.48. The second kappa shape index (κ2) is 11.3. The Labute approximate surface area is 133 Å². The molecule has 1 unspecified atom stereocenters. The molecule has 0 bridgehead atoms. The van der Waals surface area contributed by atoms with Gasteiger partial charge in [-0.1, -0.05) is 51.9 Å². The first-order valence-corrected chi connectivity index (χ1v) is 8.54. The number of unbranched alkanes of at least 4 members (excludes halogenated alkanes) is 7. The van der Waals surface area contributed by atoms with Gasteiger partial charge >= 0.3 is 0 Å². The van der Waals surface area contributed by atoms with E-state index < -0.39 is 37.3 Å². The molecule has 5 atom stereocenters. The van der Waals surface area contributed by atoms with Crippen molar-refractivity contribution in [2.75, 3.05) is 13.2 Å². The number of ether oxygens (including phenoxy) is 2. The molecule has 0 radical (unpaired) electrons. The van der Waals surface area contributed by atoms with E-state index in [4.69, 9.17) is 14.6 Å². The van der Waals surface area contributed by atoms with E-state index in [-0.39, 0.29) is 0 Å². The average Bonchev–Trinajstić information content (AvgIpc) is 2.53. The average molecular weight is 320 g/mol. The van der Waals surface area contributed by atoms with Gasteiger partial charge < -0.3 is 29.9 Å². The molecule has 1 fully saturated rings. The molecule has 6 heteroatoms. The second-order valence-corrected chi connectivity index (χ2v) is 6.04. The second-order valence-electron chi connectivity index (χ2n) is 6.04. The van der Waals surface area contributed by atoms with Crippen molar-refractivity contribution in [2.24, 2.45) is 0 Å². The van der Waals surface area contributed by atoms with Gasteiger partial charge in [-0.3, -0.25) is 0 Å². The molecule has 0 aromatic carbocycles. The van der Waals surface area contributed by atoms with Gasteiger partial charge in [0.15, 0.2) is 6.29 Å². The number of hydrogen-bond donors (Lipinski definition) is 4. The third-order valence-corrected chi connectivity index (χ3v) is 4.13. The zero-order chi connectivity index (χ0) is 16.4. The highest BCUT2D eigenvalue weighted by molar-refractivity contribution is 4.88. The van der Waals surface area contributed by atoms with Gasteiger partial charge in [0, 0.05) is 6.61 Å². The normalized spacial score (nSPS) is 32.3. The minimum absolute atomic E-state index is 0.428. The van der Waals surface area contributed by atoms with Crippen molar-refractivity contribution < 1.29 is 29.9 Å². The Hall–Kier alpha value is -0.240. The van der Waals surface area contributed by atoms with E-state index in [0.717, 1.165) is 12.8 Å². The molecule has 1 rings (SSSR count). The summed E-state index contributed by atoms with van der Waals surface area (Å²) in [5.41, 5.74) is 0. The molecule has 1 heterocycles. The van der Waals surface area contributed by atoms with Crippen molar-refractivity contribution in [1.82, 2.24) is 0 Å². The van der Waals surface area contributed by atoms with Crippen LogP contribution in [0.4, 0.5) is 0 Å². The van der Waals surface area contributed by atoms with Gasteiger partial charge in [-0.25, -0.2) is 0 Å². The van der Waals surface area contributed by atoms with E-state index in [9.17, 15) is 15.3 Å². The van der Waals surface area contributed by atoms with Gasteiger partial charge in [-0.05, 0) is 6.42 Å². The summed E-state index contributed by atoms with van der Waals surface area (Å²) >= 11 is 0. The molecule has 1 aliphatic heterocycles. The van der Waals surface area contributed by atoms with E-state index in [2.05, 4.69) is 6.92 Å². The highest BCUT2D eigenvalue weighted by Gasteiger charge is 2.43. The van der Waals surface area contributed by atoms with Crippen LogP contribution in [0.2, 0.25) is 0 Å². The Morgan fingerprint density at radius 2 is 1.41 bits per heavy atom. The lowest BCUT2D eigenvalue weighted by atomic mass is 9.99. The molecule has 0 aliphatic carbocycles. The van der Waals surface area contributed by atoms with Crippen LogP contribution in [0, 0.1) is 0 Å². The summed E-state index contributed by atoms with van der Waals surface area (Å²) < 4.78 is 10.7. The van der Waals surface area contributed by atoms with Crippen molar-refractivity contribution in [3.63, 3.8) is 0 Å². The Morgan fingerprint density at radius 3 is 2.00 bits per heavy atom. The minimum atomic E-state index is -1.37. The zero-order valence-corrected chi connectivity index (χ0v) is 13.6. The molecular weight excluding hydrogens is 288 g/mol. The van der Waals surface area contributed by atoms with Gasteiger partial charge in [0.25, 0.3) is 0 Å². The fourth-order valence-corrected chi connectivity index (χ4v) is 2.64. The van der Waals surface area contributed by atoms with Crippen molar-refractivity contribution >= 4 is 0 Å². The summed E-state index contributed by atoms with van der Waals surface area (Å²) in [5.74, 6) is 0. The summed E-state index contributed by atoms with van der Waals surface area (Å²) in [4.78, 5) is 0. The largest absolute Gasteiger partial charge is 0.394 e. The van der Waals surface area contributed by atoms with E-state index in [0.29, 0.717) is 6.61 Å². The fraction of sp³-hybridized carbons (Fsp3) is 1.00. The molecule has 4 N–H and O–H groups in total. The molecule has 22 heavy (non-hydrogen) atoms. The maximum Gasteiger partial charge on any atom is 0.186 e. The van der Waals surface area contributed by atoms with Crippen LogP contribution in [-0.4, -0.2) is 64.3 Å². The monoisotopic (exact) mass is 320 g/mol. The summed E-state index contributed by atoms with van der Waals surface area (Å²) in [7, 11) is 0. The first-order valence-electron chi connectivity index (χ1n) is 8.54. The van der Waals surface area contributed by atoms with Gasteiger partial charge in [0.2, 0.25) is 0 Å². The van der Waals surface area contributed by atoms with Crippen LogP contribution < -0.4 is 0 Å². The Bertz CT molecular complexity index is 273. The van der Waals surface area contributed by atoms with Crippen molar-refractivity contribution in [2.45, 2.75) is 89.0 Å². The lowest BCUT2D eigenvalue weighted by molar-refractivity contribution is -0.301. The Morgan fingerprint density at radius 1 is 0.818 bits per heavy atom. The zero-order valence-electron chi connectivity index (χ0n) is 13.6. The predicted octanol–water partition coefficient (Wildman–Crippen LogP) is 0.944. The van der Waals surface area contributed by atoms with E-state index in [1.54, 1.807) is 0 Å². The first-order chi connectivity index (χ1) is 10.6. The Kier molecular flexibility index (Phi) is 10.2. The summed E-state index contributed by atoms with van der Waals surface area (Å²) in [6, 6.07) is 0. The number of aliphatic hydroxyl groups is 4. The van der Waals surface area contributed by atoms with Crippen molar-refractivity contribution in [3.05, 3.63) is 0 Å². The maximum absolute atomic E-state index is 9.80. The van der Waals surface area contributed by atoms with Crippen LogP contribution in [0.1, 0.15) is 58.3 Å². The molecule has 1 saturated heterocycles. The lowest BCUT2D eigenvalue weighted by Crippen LogP contribution is -2.59. The number of aliphatic hydroxyl groups excluding tert-OH is 4.